The second-order valence-corrected chi connectivity index (χ2v) is 7.09. The number of β-amino-alcohol motifs (C(OH)–C–C–N with tert-alkyl or cyclic N) is 1. The molecule has 1 aliphatic rings. The van der Waals surface area contributed by atoms with Crippen LogP contribution < -0.4 is 5.32 Å². The van der Waals surface area contributed by atoms with Crippen LogP contribution in [-0.4, -0.2) is 58.9 Å². The molecule has 23 heavy (non-hydrogen) atoms. The molecule has 0 bridgehead atoms. The second kappa shape index (κ2) is 7.62. The van der Waals surface area contributed by atoms with Gasteiger partial charge in [0.2, 0.25) is 0 Å². The zero-order chi connectivity index (χ0) is 17.0. The van der Waals surface area contributed by atoms with Crippen LogP contribution in [0.3, 0.4) is 0 Å². The molecule has 0 unspecified atom stereocenters. The van der Waals surface area contributed by atoms with Crippen LogP contribution >= 0.6 is 11.6 Å². The van der Waals surface area contributed by atoms with Crippen LogP contribution in [0.15, 0.2) is 24.3 Å². The minimum atomic E-state index is -1.19. The van der Waals surface area contributed by atoms with Crippen molar-refractivity contribution in [2.75, 3.05) is 26.2 Å². The number of hydrogen-bond acceptors (Lipinski definition) is 4. The molecule has 1 heterocycles. The summed E-state index contributed by atoms with van der Waals surface area (Å²) in [4.78, 5) is 14.0. The summed E-state index contributed by atoms with van der Waals surface area (Å²) in [5.74, 6) is 0.320. The number of rotatable bonds is 5. The lowest BCUT2D eigenvalue weighted by Crippen LogP contribution is -2.60. The van der Waals surface area contributed by atoms with E-state index in [1.807, 2.05) is 0 Å². The predicted molar refractivity (Wildman–Crippen MR) is 90.6 cm³/mol. The lowest BCUT2D eigenvalue weighted by molar-refractivity contribution is -0.110. The summed E-state index contributed by atoms with van der Waals surface area (Å²) in [6.45, 7) is 5.82. The first-order valence-corrected chi connectivity index (χ1v) is 8.35. The molecule has 0 radical (unpaired) electrons. The summed E-state index contributed by atoms with van der Waals surface area (Å²) >= 11 is 5.83. The van der Waals surface area contributed by atoms with Crippen molar-refractivity contribution in [2.24, 2.45) is 5.92 Å². The molecule has 128 valence electrons. The number of halogens is 1. The van der Waals surface area contributed by atoms with Gasteiger partial charge in [-0.25, -0.2) is 0 Å². The van der Waals surface area contributed by atoms with Crippen LogP contribution in [0.4, 0.5) is 0 Å². The van der Waals surface area contributed by atoms with Crippen molar-refractivity contribution in [3.63, 3.8) is 0 Å². The molecule has 2 atom stereocenters. The van der Waals surface area contributed by atoms with Gasteiger partial charge in [0.1, 0.15) is 11.7 Å². The van der Waals surface area contributed by atoms with Crippen molar-refractivity contribution in [3.8, 4) is 0 Å². The summed E-state index contributed by atoms with van der Waals surface area (Å²) in [7, 11) is 0. The molecule has 0 aromatic heterocycles. The summed E-state index contributed by atoms with van der Waals surface area (Å²) in [5, 5.41) is 24.6. The van der Waals surface area contributed by atoms with E-state index in [0.29, 0.717) is 36.0 Å². The van der Waals surface area contributed by atoms with Gasteiger partial charge in [-0.15, -0.1) is 0 Å². The first-order chi connectivity index (χ1) is 10.8. The normalized spacial score (nSPS) is 25.0. The molecule has 2 rings (SSSR count). The molecule has 1 aromatic rings. The molecule has 1 aromatic carbocycles. The maximum atomic E-state index is 12.4. The van der Waals surface area contributed by atoms with Crippen molar-refractivity contribution in [1.29, 1.82) is 0 Å². The highest BCUT2D eigenvalue weighted by molar-refractivity contribution is 6.30. The van der Waals surface area contributed by atoms with Crippen LogP contribution in [0.5, 0.6) is 0 Å². The van der Waals surface area contributed by atoms with Crippen LogP contribution in [0.2, 0.25) is 5.02 Å². The predicted octanol–water partition coefficient (Wildman–Crippen LogP) is 1.52. The lowest BCUT2D eigenvalue weighted by Gasteiger charge is -2.42. The fourth-order valence-corrected chi connectivity index (χ4v) is 2.83. The largest absolute Gasteiger partial charge is 0.388 e. The molecular formula is C17H25ClN2O3. The standard InChI is InChI=1S/C17H25ClN2O3/c1-12(2)9-19-11-17(23)7-8-20(10-15(17)21)16(22)13-3-5-14(18)6-4-13/h3-6,12,15,19,21,23H,7-11H2,1-2H3/t15-,17-/m0/s1. The molecule has 1 aliphatic heterocycles. The van der Waals surface area contributed by atoms with Crippen molar-refractivity contribution in [3.05, 3.63) is 34.9 Å². The highest BCUT2D eigenvalue weighted by Crippen LogP contribution is 2.24. The Bertz CT molecular complexity index is 535. The molecule has 1 amide bonds. The smallest absolute Gasteiger partial charge is 0.253 e. The van der Waals surface area contributed by atoms with Gasteiger partial charge in [0, 0.05) is 30.2 Å². The van der Waals surface area contributed by atoms with Gasteiger partial charge < -0.3 is 20.4 Å². The number of piperidine rings is 1. The molecule has 5 nitrogen and oxygen atoms in total. The van der Waals surface area contributed by atoms with Crippen molar-refractivity contribution in [1.82, 2.24) is 10.2 Å². The Morgan fingerprint density at radius 1 is 1.43 bits per heavy atom. The Morgan fingerprint density at radius 2 is 2.09 bits per heavy atom. The quantitative estimate of drug-likeness (QED) is 0.760. The maximum Gasteiger partial charge on any atom is 0.253 e. The van der Waals surface area contributed by atoms with Gasteiger partial charge in [-0.3, -0.25) is 4.79 Å². The summed E-state index contributed by atoms with van der Waals surface area (Å²) < 4.78 is 0. The molecule has 1 fully saturated rings. The van der Waals surface area contributed by atoms with Gasteiger partial charge in [0.05, 0.1) is 0 Å². The minimum absolute atomic E-state index is 0.126. The van der Waals surface area contributed by atoms with Crippen LogP contribution in [0, 0.1) is 5.92 Å². The highest BCUT2D eigenvalue weighted by Gasteiger charge is 2.41. The van der Waals surface area contributed by atoms with Gasteiger partial charge in [0.25, 0.3) is 5.91 Å². The number of aliphatic hydroxyl groups excluding tert-OH is 1. The third-order valence-electron chi connectivity index (χ3n) is 4.19. The summed E-state index contributed by atoms with van der Waals surface area (Å²) in [6, 6.07) is 6.67. The number of amides is 1. The molecule has 0 aliphatic carbocycles. The molecule has 1 saturated heterocycles. The SMILES string of the molecule is CC(C)CNC[C@@]1(O)CCN(C(=O)c2ccc(Cl)cc2)C[C@@H]1O. The van der Waals surface area contributed by atoms with E-state index in [1.54, 1.807) is 29.2 Å². The molecule has 3 N–H and O–H groups in total. The topological polar surface area (TPSA) is 72.8 Å². The summed E-state index contributed by atoms with van der Waals surface area (Å²) in [5.41, 5.74) is -0.656. The van der Waals surface area contributed by atoms with Gasteiger partial charge in [-0.05, 0) is 43.1 Å². The number of nitrogens with one attached hydrogen (secondary N) is 1. The Kier molecular flexibility index (Phi) is 6.03. The van der Waals surface area contributed by atoms with Crippen molar-refractivity contribution < 1.29 is 15.0 Å². The maximum absolute atomic E-state index is 12.4. The monoisotopic (exact) mass is 340 g/mol. The van der Waals surface area contributed by atoms with E-state index in [0.717, 1.165) is 6.54 Å². The van der Waals surface area contributed by atoms with Crippen molar-refractivity contribution in [2.45, 2.75) is 32.0 Å². The van der Waals surface area contributed by atoms with Gasteiger partial charge in [-0.1, -0.05) is 25.4 Å². The number of aliphatic hydroxyl groups is 2. The second-order valence-electron chi connectivity index (χ2n) is 6.65. The van der Waals surface area contributed by atoms with E-state index < -0.39 is 11.7 Å². The average Bonchev–Trinajstić information content (AvgIpc) is 2.50. The molecule has 0 spiro atoms. The zero-order valence-electron chi connectivity index (χ0n) is 13.6. The first kappa shape index (κ1) is 18.2. The fourth-order valence-electron chi connectivity index (χ4n) is 2.71. The molecule has 0 saturated carbocycles. The molecule has 6 heteroatoms. The number of nitrogens with zero attached hydrogens (tertiary/aromatic N) is 1. The Labute approximate surface area is 142 Å². The lowest BCUT2D eigenvalue weighted by atomic mass is 9.88. The van der Waals surface area contributed by atoms with E-state index in [4.69, 9.17) is 11.6 Å². The van der Waals surface area contributed by atoms with Crippen LogP contribution in [-0.2, 0) is 0 Å². The Hall–Kier alpha value is -1.14. The van der Waals surface area contributed by atoms with E-state index in [1.165, 1.54) is 0 Å². The number of benzene rings is 1. The highest BCUT2D eigenvalue weighted by atomic mass is 35.5. The van der Waals surface area contributed by atoms with Gasteiger partial charge in [0.15, 0.2) is 0 Å². The number of carbonyl (C=O) groups excluding carboxylic acids is 1. The van der Waals surface area contributed by atoms with Crippen LogP contribution in [0.25, 0.3) is 0 Å². The summed E-state index contributed by atoms with van der Waals surface area (Å²) in [6.07, 6.45) is -0.620. The average molecular weight is 341 g/mol. The Balaban J connectivity index is 1.94. The molecular weight excluding hydrogens is 316 g/mol. The minimum Gasteiger partial charge on any atom is -0.388 e. The number of carbonyl (C=O) groups is 1. The zero-order valence-corrected chi connectivity index (χ0v) is 14.4. The van der Waals surface area contributed by atoms with Crippen molar-refractivity contribution >= 4 is 17.5 Å². The van der Waals surface area contributed by atoms with E-state index >= 15 is 0 Å². The number of hydrogen-bond donors (Lipinski definition) is 3. The number of likely N-dealkylation sites (tertiary alicyclic amines) is 1. The van der Waals surface area contributed by atoms with Gasteiger partial charge in [-0.2, -0.15) is 0 Å². The first-order valence-electron chi connectivity index (χ1n) is 7.98. The van der Waals surface area contributed by atoms with E-state index in [9.17, 15) is 15.0 Å². The fraction of sp³-hybridized carbons (Fsp3) is 0.588. The Morgan fingerprint density at radius 3 is 2.65 bits per heavy atom. The van der Waals surface area contributed by atoms with E-state index in [-0.39, 0.29) is 12.5 Å². The van der Waals surface area contributed by atoms with Gasteiger partial charge >= 0.3 is 0 Å². The van der Waals surface area contributed by atoms with Crippen LogP contribution in [0.1, 0.15) is 30.6 Å². The van der Waals surface area contributed by atoms with E-state index in [2.05, 4.69) is 19.2 Å². The third-order valence-corrected chi connectivity index (χ3v) is 4.44. The third kappa shape index (κ3) is 4.67.